The number of halogens is 1. The lowest BCUT2D eigenvalue weighted by molar-refractivity contribution is 0.0400. The van der Waals surface area contributed by atoms with Crippen LogP contribution in [-0.4, -0.2) is 55.8 Å². The summed E-state index contributed by atoms with van der Waals surface area (Å²) in [7, 11) is 1.66. The number of fused-ring (bicyclic) bond motifs is 1. The third kappa shape index (κ3) is 3.62. The minimum absolute atomic E-state index is 0.0525. The van der Waals surface area contributed by atoms with E-state index >= 15 is 0 Å². The van der Waals surface area contributed by atoms with Gasteiger partial charge in [-0.3, -0.25) is 0 Å². The summed E-state index contributed by atoms with van der Waals surface area (Å²) in [5.74, 6) is 0.793. The van der Waals surface area contributed by atoms with Gasteiger partial charge in [-0.2, -0.15) is 0 Å². The molecule has 142 valence electrons. The summed E-state index contributed by atoms with van der Waals surface area (Å²) < 4.78 is 10.8. The molecule has 2 aliphatic rings. The van der Waals surface area contributed by atoms with Gasteiger partial charge in [0.15, 0.2) is 0 Å². The van der Waals surface area contributed by atoms with Crippen LogP contribution < -0.4 is 4.74 Å². The van der Waals surface area contributed by atoms with Crippen molar-refractivity contribution in [3.63, 3.8) is 0 Å². The quantitative estimate of drug-likeness (QED) is 0.789. The zero-order valence-corrected chi connectivity index (χ0v) is 16.1. The van der Waals surface area contributed by atoms with Gasteiger partial charge in [-0.25, -0.2) is 4.79 Å². The normalized spacial score (nSPS) is 19.6. The summed E-state index contributed by atoms with van der Waals surface area (Å²) >= 11 is 6.27. The lowest BCUT2D eigenvalue weighted by atomic mass is 9.88. The Kier molecular flexibility index (Phi) is 5.23. The Morgan fingerprint density at radius 3 is 2.70 bits per heavy atom. The van der Waals surface area contributed by atoms with Crippen LogP contribution in [0.4, 0.5) is 4.79 Å². The SMILES string of the molecule is COc1ccc2c(c1)C(c1cccc(Cl)c1)N(C(=O)N1CCOCC1)CC2. The highest BCUT2D eigenvalue weighted by Crippen LogP contribution is 2.38. The number of urea groups is 1. The molecule has 2 heterocycles. The van der Waals surface area contributed by atoms with Crippen LogP contribution in [0.3, 0.4) is 0 Å². The molecule has 0 saturated carbocycles. The van der Waals surface area contributed by atoms with Gasteiger partial charge in [0.1, 0.15) is 5.75 Å². The number of carbonyl (C=O) groups excluding carboxylic acids is 1. The Balaban J connectivity index is 1.77. The highest BCUT2D eigenvalue weighted by molar-refractivity contribution is 6.30. The number of methoxy groups -OCH3 is 1. The van der Waals surface area contributed by atoms with E-state index in [9.17, 15) is 4.79 Å². The Morgan fingerprint density at radius 2 is 1.96 bits per heavy atom. The maximum absolute atomic E-state index is 13.3. The number of hydrogen-bond acceptors (Lipinski definition) is 3. The number of nitrogens with zero attached hydrogens (tertiary/aromatic N) is 2. The fourth-order valence-electron chi connectivity index (χ4n) is 3.90. The first kappa shape index (κ1) is 18.1. The van der Waals surface area contributed by atoms with Gasteiger partial charge in [-0.1, -0.05) is 29.8 Å². The smallest absolute Gasteiger partial charge is 0.320 e. The van der Waals surface area contributed by atoms with Crippen LogP contribution in [0.25, 0.3) is 0 Å². The molecular formula is C21H23ClN2O3. The molecular weight excluding hydrogens is 364 g/mol. The van der Waals surface area contributed by atoms with Crippen LogP contribution in [-0.2, 0) is 11.2 Å². The molecule has 0 spiro atoms. The van der Waals surface area contributed by atoms with Crippen LogP contribution >= 0.6 is 11.6 Å². The van der Waals surface area contributed by atoms with Crippen molar-refractivity contribution in [3.8, 4) is 5.75 Å². The topological polar surface area (TPSA) is 42.0 Å². The monoisotopic (exact) mass is 386 g/mol. The first-order valence-corrected chi connectivity index (χ1v) is 9.61. The number of rotatable bonds is 2. The van der Waals surface area contributed by atoms with Crippen LogP contribution in [0.5, 0.6) is 5.75 Å². The van der Waals surface area contributed by atoms with Crippen molar-refractivity contribution in [2.45, 2.75) is 12.5 Å². The number of ether oxygens (including phenoxy) is 2. The number of hydrogen-bond donors (Lipinski definition) is 0. The third-order valence-electron chi connectivity index (χ3n) is 5.27. The Labute approximate surface area is 164 Å². The lowest BCUT2D eigenvalue weighted by Crippen LogP contribution is -2.51. The second-order valence-electron chi connectivity index (χ2n) is 6.85. The maximum Gasteiger partial charge on any atom is 0.320 e. The van der Waals surface area contributed by atoms with Gasteiger partial charge in [-0.15, -0.1) is 0 Å². The predicted molar refractivity (Wildman–Crippen MR) is 104 cm³/mol. The largest absolute Gasteiger partial charge is 0.497 e. The van der Waals surface area contributed by atoms with E-state index in [1.165, 1.54) is 5.56 Å². The van der Waals surface area contributed by atoms with E-state index < -0.39 is 0 Å². The van der Waals surface area contributed by atoms with Gasteiger partial charge >= 0.3 is 6.03 Å². The first-order valence-electron chi connectivity index (χ1n) is 9.23. The highest BCUT2D eigenvalue weighted by Gasteiger charge is 2.35. The molecule has 27 heavy (non-hydrogen) atoms. The van der Waals surface area contributed by atoms with Crippen molar-refractivity contribution >= 4 is 17.6 Å². The molecule has 1 fully saturated rings. The second-order valence-corrected chi connectivity index (χ2v) is 7.28. The second kappa shape index (κ2) is 7.79. The molecule has 6 heteroatoms. The maximum atomic E-state index is 13.3. The van der Waals surface area contributed by atoms with Crippen molar-refractivity contribution in [2.75, 3.05) is 40.0 Å². The van der Waals surface area contributed by atoms with E-state index in [2.05, 4.69) is 6.07 Å². The molecule has 0 radical (unpaired) electrons. The van der Waals surface area contributed by atoms with Crippen LogP contribution in [0.2, 0.25) is 5.02 Å². The molecule has 0 N–H and O–H groups in total. The summed E-state index contributed by atoms with van der Waals surface area (Å²) in [6.07, 6.45) is 0.826. The fraction of sp³-hybridized carbons (Fsp3) is 0.381. The highest BCUT2D eigenvalue weighted by atomic mass is 35.5. The van der Waals surface area contributed by atoms with Gasteiger partial charge in [0.05, 0.1) is 26.4 Å². The molecule has 0 aliphatic carbocycles. The number of carbonyl (C=O) groups is 1. The van der Waals surface area contributed by atoms with E-state index in [0.29, 0.717) is 37.9 Å². The molecule has 0 aromatic heterocycles. The Morgan fingerprint density at radius 1 is 1.15 bits per heavy atom. The number of benzene rings is 2. The fourth-order valence-corrected chi connectivity index (χ4v) is 4.10. The van der Waals surface area contributed by atoms with E-state index in [0.717, 1.165) is 23.3 Å². The van der Waals surface area contributed by atoms with Crippen LogP contribution in [0, 0.1) is 0 Å². The number of morpholine rings is 1. The van der Waals surface area contributed by atoms with Crippen LogP contribution in [0.15, 0.2) is 42.5 Å². The minimum Gasteiger partial charge on any atom is -0.497 e. The van der Waals surface area contributed by atoms with Gasteiger partial charge in [-0.05, 0) is 47.4 Å². The zero-order chi connectivity index (χ0) is 18.8. The predicted octanol–water partition coefficient (Wildman–Crippen LogP) is 3.75. The molecule has 4 rings (SSSR count). The van der Waals surface area contributed by atoms with Gasteiger partial charge in [0, 0.05) is 24.7 Å². The molecule has 2 aliphatic heterocycles. The van der Waals surface area contributed by atoms with Crippen molar-refractivity contribution in [1.29, 1.82) is 0 Å². The molecule has 2 aromatic carbocycles. The average molecular weight is 387 g/mol. The summed E-state index contributed by atoms with van der Waals surface area (Å²) in [6.45, 7) is 3.11. The minimum atomic E-state index is -0.183. The number of amides is 2. The van der Waals surface area contributed by atoms with Crippen molar-refractivity contribution in [1.82, 2.24) is 9.80 Å². The molecule has 0 bridgehead atoms. The summed E-state index contributed by atoms with van der Waals surface area (Å²) in [5.41, 5.74) is 3.36. The molecule has 1 atom stereocenters. The average Bonchev–Trinajstić information content (AvgIpc) is 2.72. The van der Waals surface area contributed by atoms with E-state index in [1.807, 2.05) is 46.2 Å². The van der Waals surface area contributed by atoms with E-state index in [4.69, 9.17) is 21.1 Å². The molecule has 2 amide bonds. The van der Waals surface area contributed by atoms with Crippen molar-refractivity contribution in [3.05, 3.63) is 64.2 Å². The molecule has 1 unspecified atom stereocenters. The Bertz CT molecular complexity index is 836. The molecule has 1 saturated heterocycles. The summed E-state index contributed by atoms with van der Waals surface area (Å²) in [6, 6.07) is 13.8. The van der Waals surface area contributed by atoms with E-state index in [1.54, 1.807) is 7.11 Å². The summed E-state index contributed by atoms with van der Waals surface area (Å²) in [4.78, 5) is 17.2. The molecule has 2 aromatic rings. The lowest BCUT2D eigenvalue weighted by Gasteiger charge is -2.41. The van der Waals surface area contributed by atoms with E-state index in [-0.39, 0.29) is 12.1 Å². The molecule has 5 nitrogen and oxygen atoms in total. The first-order chi connectivity index (χ1) is 13.2. The zero-order valence-electron chi connectivity index (χ0n) is 15.4. The standard InChI is InChI=1S/C21H23ClN2O3/c1-26-18-6-5-15-7-8-24(21(25)23-9-11-27-12-10-23)20(19(15)14-18)16-3-2-4-17(22)13-16/h2-6,13-14,20H,7-12H2,1H3. The third-order valence-corrected chi connectivity index (χ3v) is 5.51. The van der Waals surface area contributed by atoms with Gasteiger partial charge in [0.2, 0.25) is 0 Å². The van der Waals surface area contributed by atoms with Crippen molar-refractivity contribution in [2.24, 2.45) is 0 Å². The van der Waals surface area contributed by atoms with Gasteiger partial charge in [0.25, 0.3) is 0 Å². The Hall–Kier alpha value is -2.24. The van der Waals surface area contributed by atoms with Crippen molar-refractivity contribution < 1.29 is 14.3 Å². The summed E-state index contributed by atoms with van der Waals surface area (Å²) in [5, 5.41) is 0.668. The van der Waals surface area contributed by atoms with Gasteiger partial charge < -0.3 is 19.3 Å². The van der Waals surface area contributed by atoms with Crippen LogP contribution in [0.1, 0.15) is 22.7 Å².